The number of hydrogen-bond acceptors (Lipinski definition) is 8. The molecule has 3 aromatic carbocycles. The Kier molecular flexibility index (Phi) is 10.2. The van der Waals surface area contributed by atoms with Crippen molar-refractivity contribution in [3.8, 4) is 17.2 Å². The summed E-state index contributed by atoms with van der Waals surface area (Å²) in [6.07, 6.45) is 2.28. The Bertz CT molecular complexity index is 1750. The summed E-state index contributed by atoms with van der Waals surface area (Å²) in [5.74, 6) is 1.66. The number of amides is 3. The van der Waals surface area contributed by atoms with Gasteiger partial charge in [-0.25, -0.2) is 9.59 Å². The molecule has 0 aliphatic carbocycles. The number of fused-ring (bicyclic) bond motifs is 1. The molecule has 0 spiro atoms. The highest BCUT2D eigenvalue weighted by Crippen LogP contribution is 2.39. The van der Waals surface area contributed by atoms with Crippen LogP contribution in [0.3, 0.4) is 0 Å². The van der Waals surface area contributed by atoms with Crippen molar-refractivity contribution < 1.29 is 23.8 Å². The predicted octanol–water partition coefficient (Wildman–Crippen LogP) is 7.29. The maximum Gasteiger partial charge on any atom is 0.411 e. The van der Waals surface area contributed by atoms with Gasteiger partial charge >= 0.3 is 12.1 Å². The largest absolute Gasteiger partial charge is 0.492 e. The standard InChI is InChI=1S/C36H44N6O5/c1-36(2,3)23-18-30(33(45-6)31(19-23)40-35(44)46-7)39-34(43)38-29-12-13-32(28-11-9-8-10-27(28)29)47-26-14-16-37-24(20-26)21-42-17-15-25(22-42)41(4)5/h8-14,16,18-20,25H,15,17,21-22H2,1-7H3,(H,40,44)(H2,38,39,43). The molecular formula is C36H44N6O5. The number of ether oxygens (including phenoxy) is 3. The summed E-state index contributed by atoms with van der Waals surface area (Å²) in [7, 11) is 7.02. The number of nitrogens with one attached hydrogen (secondary N) is 3. The van der Waals surface area contributed by atoms with E-state index in [0.717, 1.165) is 48.1 Å². The Morgan fingerprint density at radius 3 is 2.30 bits per heavy atom. The van der Waals surface area contributed by atoms with E-state index in [1.165, 1.54) is 14.2 Å². The molecule has 1 aliphatic rings. The van der Waals surface area contributed by atoms with Crippen LogP contribution in [0.2, 0.25) is 0 Å². The maximum atomic E-state index is 13.4. The summed E-state index contributed by atoms with van der Waals surface area (Å²) in [4.78, 5) is 34.8. The van der Waals surface area contributed by atoms with Crippen molar-refractivity contribution in [2.75, 3.05) is 57.4 Å². The first kappa shape index (κ1) is 33.5. The van der Waals surface area contributed by atoms with E-state index >= 15 is 0 Å². The van der Waals surface area contributed by atoms with Crippen molar-refractivity contribution in [2.45, 2.75) is 45.2 Å². The molecule has 47 heavy (non-hydrogen) atoms. The summed E-state index contributed by atoms with van der Waals surface area (Å²) in [6, 6.07) is 19.0. The van der Waals surface area contributed by atoms with Crippen LogP contribution < -0.4 is 25.4 Å². The van der Waals surface area contributed by atoms with E-state index in [2.05, 4.69) is 44.8 Å². The number of carbonyl (C=O) groups excluding carboxylic acids is 2. The maximum absolute atomic E-state index is 13.4. The number of aromatic nitrogens is 1. The molecule has 11 nitrogen and oxygen atoms in total. The van der Waals surface area contributed by atoms with Gasteiger partial charge in [-0.3, -0.25) is 15.2 Å². The Morgan fingerprint density at radius 2 is 1.64 bits per heavy atom. The molecule has 11 heteroatoms. The van der Waals surface area contributed by atoms with E-state index in [4.69, 9.17) is 14.2 Å². The van der Waals surface area contributed by atoms with Gasteiger partial charge in [-0.05, 0) is 61.8 Å². The van der Waals surface area contributed by atoms with Gasteiger partial charge in [0.2, 0.25) is 0 Å². The molecule has 1 fully saturated rings. The van der Waals surface area contributed by atoms with Gasteiger partial charge in [-0.2, -0.15) is 0 Å². The lowest BCUT2D eigenvalue weighted by Gasteiger charge is -2.24. The highest BCUT2D eigenvalue weighted by atomic mass is 16.5. The van der Waals surface area contributed by atoms with Gasteiger partial charge in [0, 0.05) is 48.7 Å². The Balaban J connectivity index is 1.35. The fourth-order valence-corrected chi connectivity index (χ4v) is 5.71. The number of likely N-dealkylation sites (N-methyl/N-ethyl adjacent to an activating group) is 1. The van der Waals surface area contributed by atoms with Crippen LogP contribution in [0.5, 0.6) is 17.2 Å². The van der Waals surface area contributed by atoms with Gasteiger partial charge in [0.25, 0.3) is 0 Å². The molecule has 1 aliphatic heterocycles. The number of methoxy groups -OCH3 is 2. The van der Waals surface area contributed by atoms with Crippen molar-refractivity contribution in [1.29, 1.82) is 0 Å². The first-order valence-corrected chi connectivity index (χ1v) is 15.6. The molecule has 2 heterocycles. The van der Waals surface area contributed by atoms with E-state index < -0.39 is 12.1 Å². The van der Waals surface area contributed by atoms with Crippen LogP contribution in [0.1, 0.15) is 38.4 Å². The van der Waals surface area contributed by atoms with Gasteiger partial charge in [0.05, 0.1) is 37.0 Å². The molecule has 0 radical (unpaired) electrons. The van der Waals surface area contributed by atoms with Gasteiger partial charge in [0.1, 0.15) is 11.5 Å². The number of carbonyl (C=O) groups is 2. The SMILES string of the molecule is COC(=O)Nc1cc(C(C)(C)C)cc(NC(=O)Nc2ccc(Oc3ccnc(CN4CCC(N(C)C)C4)c3)c3ccccc23)c1OC. The van der Waals surface area contributed by atoms with E-state index in [9.17, 15) is 9.59 Å². The monoisotopic (exact) mass is 640 g/mol. The first-order chi connectivity index (χ1) is 22.4. The Morgan fingerprint density at radius 1 is 0.936 bits per heavy atom. The summed E-state index contributed by atoms with van der Waals surface area (Å²) in [6.45, 7) is 8.95. The molecule has 1 unspecified atom stereocenters. The van der Waals surface area contributed by atoms with Crippen LogP contribution in [0.15, 0.2) is 66.9 Å². The molecule has 4 aromatic rings. The number of pyridine rings is 1. The summed E-state index contributed by atoms with van der Waals surface area (Å²) < 4.78 is 16.8. The van der Waals surface area contributed by atoms with Crippen LogP contribution in [0, 0.1) is 0 Å². The van der Waals surface area contributed by atoms with Crippen LogP contribution in [0.25, 0.3) is 10.8 Å². The van der Waals surface area contributed by atoms with E-state index in [1.54, 1.807) is 6.20 Å². The summed E-state index contributed by atoms with van der Waals surface area (Å²) in [5.41, 5.74) is 2.93. The van der Waals surface area contributed by atoms with Crippen molar-refractivity contribution >= 4 is 40.0 Å². The average Bonchev–Trinajstić information content (AvgIpc) is 3.50. The molecule has 248 valence electrons. The number of hydrogen-bond donors (Lipinski definition) is 3. The second-order valence-electron chi connectivity index (χ2n) is 12.9. The number of nitrogens with zero attached hydrogens (tertiary/aromatic N) is 3. The van der Waals surface area contributed by atoms with Gasteiger partial charge in [-0.15, -0.1) is 0 Å². The minimum atomic E-state index is -0.647. The van der Waals surface area contributed by atoms with E-state index in [1.807, 2.05) is 81.4 Å². The fraction of sp³-hybridized carbons (Fsp3) is 0.361. The zero-order chi connectivity index (χ0) is 33.7. The average molecular weight is 641 g/mol. The molecule has 1 aromatic heterocycles. The first-order valence-electron chi connectivity index (χ1n) is 15.6. The van der Waals surface area contributed by atoms with Gasteiger partial charge in [0.15, 0.2) is 5.75 Å². The third kappa shape index (κ3) is 8.11. The summed E-state index contributed by atoms with van der Waals surface area (Å²) >= 11 is 0. The molecule has 1 atom stereocenters. The number of benzene rings is 3. The second-order valence-corrected chi connectivity index (χ2v) is 12.9. The third-order valence-electron chi connectivity index (χ3n) is 8.34. The van der Waals surface area contributed by atoms with E-state index in [-0.39, 0.29) is 5.41 Å². The van der Waals surface area contributed by atoms with Crippen molar-refractivity contribution in [1.82, 2.24) is 14.8 Å². The lowest BCUT2D eigenvalue weighted by molar-refractivity contribution is 0.187. The van der Waals surface area contributed by atoms with Crippen LogP contribution in [-0.4, -0.2) is 74.4 Å². The van der Waals surface area contributed by atoms with Crippen LogP contribution in [-0.2, 0) is 16.7 Å². The summed E-state index contributed by atoms with van der Waals surface area (Å²) in [5, 5.41) is 10.2. The Hall–Kier alpha value is -4.87. The molecule has 0 saturated carbocycles. The zero-order valence-corrected chi connectivity index (χ0v) is 28.1. The molecule has 1 saturated heterocycles. The lowest BCUT2D eigenvalue weighted by Crippen LogP contribution is -2.31. The van der Waals surface area contributed by atoms with Crippen LogP contribution in [0.4, 0.5) is 26.7 Å². The predicted molar refractivity (Wildman–Crippen MR) is 186 cm³/mol. The second kappa shape index (κ2) is 14.3. The number of rotatable bonds is 9. The zero-order valence-electron chi connectivity index (χ0n) is 28.1. The smallest absolute Gasteiger partial charge is 0.411 e. The highest BCUT2D eigenvalue weighted by molar-refractivity contribution is 6.08. The van der Waals surface area contributed by atoms with Crippen molar-refractivity contribution in [3.63, 3.8) is 0 Å². The molecule has 0 bridgehead atoms. The molecular weight excluding hydrogens is 596 g/mol. The lowest BCUT2D eigenvalue weighted by atomic mass is 9.86. The Labute approximate surface area is 276 Å². The topological polar surface area (TPSA) is 117 Å². The van der Waals surface area contributed by atoms with Crippen molar-refractivity contribution in [2.24, 2.45) is 0 Å². The molecule has 3 N–H and O–H groups in total. The number of anilines is 3. The molecule has 3 amide bonds. The van der Waals surface area contributed by atoms with E-state index in [0.29, 0.717) is 40.4 Å². The third-order valence-corrected chi connectivity index (χ3v) is 8.34. The highest BCUT2D eigenvalue weighted by Gasteiger charge is 2.25. The minimum Gasteiger partial charge on any atom is -0.492 e. The normalized spacial score (nSPS) is 15.0. The fourth-order valence-electron chi connectivity index (χ4n) is 5.71. The minimum absolute atomic E-state index is 0.281. The quantitative estimate of drug-likeness (QED) is 0.175. The van der Waals surface area contributed by atoms with Crippen molar-refractivity contribution in [3.05, 3.63) is 78.1 Å². The van der Waals surface area contributed by atoms with Gasteiger partial charge < -0.3 is 29.7 Å². The molecule has 5 rings (SSSR count). The number of urea groups is 1. The van der Waals surface area contributed by atoms with Crippen LogP contribution >= 0.6 is 0 Å². The van der Waals surface area contributed by atoms with Gasteiger partial charge in [-0.1, -0.05) is 45.0 Å². The number of likely N-dealkylation sites (tertiary alicyclic amines) is 1.